The van der Waals surface area contributed by atoms with Crippen LogP contribution >= 0.6 is 23.2 Å². The van der Waals surface area contributed by atoms with E-state index in [9.17, 15) is 0 Å². The molecule has 0 spiro atoms. The van der Waals surface area contributed by atoms with Crippen LogP contribution in [0.4, 0.5) is 0 Å². The predicted molar refractivity (Wildman–Crippen MR) is 72.3 cm³/mol. The fourth-order valence-corrected chi connectivity index (χ4v) is 1.79. The van der Waals surface area contributed by atoms with Gasteiger partial charge in [0.2, 0.25) is 0 Å². The fraction of sp³-hybridized carbons (Fsp3) is 0.143. The lowest BCUT2D eigenvalue weighted by atomic mass is 10.2. The van der Waals surface area contributed by atoms with Crippen LogP contribution in [0.1, 0.15) is 11.1 Å². The van der Waals surface area contributed by atoms with Crippen molar-refractivity contribution in [2.45, 2.75) is 12.8 Å². The molecule has 0 unspecified atom stereocenters. The third-order valence-electron chi connectivity index (χ3n) is 2.42. The van der Waals surface area contributed by atoms with Crippen molar-refractivity contribution >= 4 is 23.2 Å². The number of halogens is 2. The SMILES string of the molecule is Cc1cc(Oc2cccc(CCl)c2)ccc1Cl. The second-order valence-electron chi connectivity index (χ2n) is 3.79. The first-order valence-corrected chi connectivity index (χ1v) is 6.19. The highest BCUT2D eigenvalue weighted by molar-refractivity contribution is 6.31. The minimum absolute atomic E-state index is 0.483. The number of alkyl halides is 1. The Morgan fingerprint density at radius 1 is 1.06 bits per heavy atom. The van der Waals surface area contributed by atoms with Gasteiger partial charge in [-0.3, -0.25) is 0 Å². The van der Waals surface area contributed by atoms with Crippen molar-refractivity contribution in [1.29, 1.82) is 0 Å². The molecule has 1 nitrogen and oxygen atoms in total. The van der Waals surface area contributed by atoms with Crippen molar-refractivity contribution in [2.24, 2.45) is 0 Å². The highest BCUT2D eigenvalue weighted by Gasteiger charge is 2.01. The van der Waals surface area contributed by atoms with Crippen molar-refractivity contribution in [2.75, 3.05) is 0 Å². The van der Waals surface area contributed by atoms with Gasteiger partial charge in [-0.1, -0.05) is 23.7 Å². The average molecular weight is 267 g/mol. The highest BCUT2D eigenvalue weighted by atomic mass is 35.5. The van der Waals surface area contributed by atoms with E-state index in [4.69, 9.17) is 27.9 Å². The molecule has 0 saturated carbocycles. The van der Waals surface area contributed by atoms with Gasteiger partial charge in [0, 0.05) is 10.9 Å². The van der Waals surface area contributed by atoms with Crippen LogP contribution in [0.3, 0.4) is 0 Å². The molecule has 2 aromatic carbocycles. The molecular weight excluding hydrogens is 255 g/mol. The summed E-state index contributed by atoms with van der Waals surface area (Å²) in [6.45, 7) is 1.95. The normalized spacial score (nSPS) is 10.3. The summed E-state index contributed by atoms with van der Waals surface area (Å²) in [6, 6.07) is 13.3. The molecule has 0 atom stereocenters. The van der Waals surface area contributed by atoms with Crippen LogP contribution in [0, 0.1) is 6.92 Å². The topological polar surface area (TPSA) is 9.23 Å². The van der Waals surface area contributed by atoms with Crippen molar-refractivity contribution in [1.82, 2.24) is 0 Å². The number of hydrogen-bond donors (Lipinski definition) is 0. The molecule has 0 aliphatic carbocycles. The Labute approximate surface area is 111 Å². The van der Waals surface area contributed by atoms with E-state index in [1.165, 1.54) is 0 Å². The van der Waals surface area contributed by atoms with Gasteiger partial charge in [-0.25, -0.2) is 0 Å². The van der Waals surface area contributed by atoms with Crippen molar-refractivity contribution in [3.05, 3.63) is 58.6 Å². The molecule has 88 valence electrons. The maximum atomic E-state index is 5.96. The second-order valence-corrected chi connectivity index (χ2v) is 4.47. The first-order valence-electron chi connectivity index (χ1n) is 5.28. The summed E-state index contributed by atoms with van der Waals surface area (Å²) in [7, 11) is 0. The molecule has 3 heteroatoms. The van der Waals surface area contributed by atoms with Crippen LogP contribution in [-0.2, 0) is 5.88 Å². The lowest BCUT2D eigenvalue weighted by Gasteiger charge is -2.08. The molecule has 0 aliphatic rings. The summed E-state index contributed by atoms with van der Waals surface area (Å²) in [5, 5.41) is 0.742. The molecule has 0 aromatic heterocycles. The van der Waals surface area contributed by atoms with E-state index < -0.39 is 0 Å². The van der Waals surface area contributed by atoms with Gasteiger partial charge in [0.25, 0.3) is 0 Å². The molecule has 0 amide bonds. The number of rotatable bonds is 3. The number of hydrogen-bond acceptors (Lipinski definition) is 1. The molecule has 0 N–H and O–H groups in total. The van der Waals surface area contributed by atoms with Gasteiger partial charge < -0.3 is 4.74 Å². The van der Waals surface area contributed by atoms with Crippen LogP contribution in [0.25, 0.3) is 0 Å². The molecule has 0 saturated heterocycles. The van der Waals surface area contributed by atoms with Gasteiger partial charge >= 0.3 is 0 Å². The smallest absolute Gasteiger partial charge is 0.127 e. The summed E-state index contributed by atoms with van der Waals surface area (Å²) in [5.41, 5.74) is 2.03. The molecule has 0 aliphatic heterocycles. The van der Waals surface area contributed by atoms with Gasteiger partial charge in [0.05, 0.1) is 0 Å². The summed E-state index contributed by atoms with van der Waals surface area (Å²) in [5.74, 6) is 2.04. The Hall–Kier alpha value is -1.18. The molecule has 17 heavy (non-hydrogen) atoms. The lowest BCUT2D eigenvalue weighted by molar-refractivity contribution is 0.482. The van der Waals surface area contributed by atoms with E-state index in [1.54, 1.807) is 0 Å². The van der Waals surface area contributed by atoms with Gasteiger partial charge in [-0.15, -0.1) is 11.6 Å². The van der Waals surface area contributed by atoms with Crippen molar-refractivity contribution < 1.29 is 4.74 Å². The average Bonchev–Trinajstić information content (AvgIpc) is 2.34. The van der Waals surface area contributed by atoms with Crippen LogP contribution in [0.5, 0.6) is 11.5 Å². The zero-order chi connectivity index (χ0) is 12.3. The molecule has 2 aromatic rings. The molecule has 2 rings (SSSR count). The second kappa shape index (κ2) is 5.44. The summed E-state index contributed by atoms with van der Waals surface area (Å²) >= 11 is 11.7. The van der Waals surface area contributed by atoms with E-state index in [0.29, 0.717) is 5.88 Å². The lowest BCUT2D eigenvalue weighted by Crippen LogP contribution is -1.86. The zero-order valence-electron chi connectivity index (χ0n) is 9.41. The largest absolute Gasteiger partial charge is 0.457 e. The van der Waals surface area contributed by atoms with E-state index in [-0.39, 0.29) is 0 Å². The van der Waals surface area contributed by atoms with Crippen LogP contribution in [-0.4, -0.2) is 0 Å². The van der Waals surface area contributed by atoms with Crippen LogP contribution < -0.4 is 4.74 Å². The highest BCUT2D eigenvalue weighted by Crippen LogP contribution is 2.26. The van der Waals surface area contributed by atoms with Gasteiger partial charge in [0.1, 0.15) is 11.5 Å². The van der Waals surface area contributed by atoms with Gasteiger partial charge in [0.15, 0.2) is 0 Å². The first-order chi connectivity index (χ1) is 8.19. The molecule has 0 heterocycles. The third kappa shape index (κ3) is 3.15. The Morgan fingerprint density at radius 3 is 2.53 bits per heavy atom. The Kier molecular flexibility index (Phi) is 3.93. The van der Waals surface area contributed by atoms with Crippen molar-refractivity contribution in [3.63, 3.8) is 0 Å². The van der Waals surface area contributed by atoms with Gasteiger partial charge in [-0.2, -0.15) is 0 Å². The molecule has 0 fully saturated rings. The number of aryl methyl sites for hydroxylation is 1. The molecule has 0 radical (unpaired) electrons. The van der Waals surface area contributed by atoms with Gasteiger partial charge in [-0.05, 0) is 48.4 Å². The maximum Gasteiger partial charge on any atom is 0.127 e. The summed E-state index contributed by atoms with van der Waals surface area (Å²) in [4.78, 5) is 0. The van der Waals surface area contributed by atoms with E-state index >= 15 is 0 Å². The summed E-state index contributed by atoms with van der Waals surface area (Å²) in [6.07, 6.45) is 0. The van der Waals surface area contributed by atoms with E-state index in [2.05, 4.69) is 0 Å². The van der Waals surface area contributed by atoms with Crippen LogP contribution in [0.2, 0.25) is 5.02 Å². The summed E-state index contributed by atoms with van der Waals surface area (Å²) < 4.78 is 5.74. The Bertz CT molecular complexity index is 523. The third-order valence-corrected chi connectivity index (χ3v) is 3.15. The number of benzene rings is 2. The zero-order valence-corrected chi connectivity index (χ0v) is 10.9. The monoisotopic (exact) mass is 266 g/mol. The molecule has 0 bridgehead atoms. The quantitative estimate of drug-likeness (QED) is 0.696. The standard InChI is InChI=1S/C14H12Cl2O/c1-10-7-13(5-6-14(10)16)17-12-4-2-3-11(8-12)9-15/h2-8H,9H2,1H3. The minimum Gasteiger partial charge on any atom is -0.457 e. The van der Waals surface area contributed by atoms with Crippen LogP contribution in [0.15, 0.2) is 42.5 Å². The minimum atomic E-state index is 0.483. The Balaban J connectivity index is 2.22. The Morgan fingerprint density at radius 2 is 1.82 bits per heavy atom. The van der Waals surface area contributed by atoms with Crippen molar-refractivity contribution in [3.8, 4) is 11.5 Å². The predicted octanol–water partition coefficient (Wildman–Crippen LogP) is 5.18. The van der Waals surface area contributed by atoms with E-state index in [0.717, 1.165) is 27.6 Å². The molecular formula is C14H12Cl2O. The first kappa shape index (κ1) is 12.3. The maximum absolute atomic E-state index is 5.96. The van der Waals surface area contributed by atoms with E-state index in [1.807, 2.05) is 49.4 Å². The number of ether oxygens (including phenoxy) is 1. The fourth-order valence-electron chi connectivity index (χ4n) is 1.51.